The van der Waals surface area contributed by atoms with Crippen LogP contribution >= 0.6 is 0 Å². The van der Waals surface area contributed by atoms with Gasteiger partial charge in [0.1, 0.15) is 18.7 Å². The molecule has 7 nitrogen and oxygen atoms in total. The number of nitrogens with one attached hydrogen (secondary N) is 2. The highest BCUT2D eigenvalue weighted by atomic mass is 16.5. The molecule has 2 N–H and O–H groups in total. The van der Waals surface area contributed by atoms with E-state index in [4.69, 9.17) is 9.47 Å². The monoisotopic (exact) mass is 398 g/mol. The molecule has 0 aliphatic heterocycles. The van der Waals surface area contributed by atoms with Gasteiger partial charge in [0.2, 0.25) is 5.91 Å². The fourth-order valence-electron chi connectivity index (χ4n) is 2.71. The van der Waals surface area contributed by atoms with E-state index in [-0.39, 0.29) is 13.0 Å². The standard InChI is InChI=1S/C22H26N2O5/c1-3-18(21(26)28-2)23-20(25)19(14-16-10-6-4-7-11-16)24-22(27)29-15-17-12-8-5-9-13-17/h4-13,18-19H,3,14-15H2,1-2H3,(H,23,25)(H,24,27)/t18-,19+/m0/s1. The molecular formula is C22H26N2O5. The van der Waals surface area contributed by atoms with E-state index in [1.165, 1.54) is 7.11 Å². The third-order valence-electron chi connectivity index (χ3n) is 4.31. The van der Waals surface area contributed by atoms with E-state index in [0.29, 0.717) is 6.42 Å². The molecule has 0 aliphatic carbocycles. The number of ether oxygens (including phenoxy) is 2. The van der Waals surface area contributed by atoms with Gasteiger partial charge in [-0.05, 0) is 17.5 Å². The molecule has 0 fully saturated rings. The van der Waals surface area contributed by atoms with Crippen molar-refractivity contribution in [3.05, 3.63) is 71.8 Å². The number of amides is 2. The van der Waals surface area contributed by atoms with E-state index in [9.17, 15) is 14.4 Å². The molecule has 0 aromatic heterocycles. The molecule has 2 aromatic carbocycles. The van der Waals surface area contributed by atoms with Crippen molar-refractivity contribution in [3.63, 3.8) is 0 Å². The first-order chi connectivity index (χ1) is 14.0. The number of rotatable bonds is 9. The van der Waals surface area contributed by atoms with Crippen molar-refractivity contribution in [3.8, 4) is 0 Å². The third-order valence-corrected chi connectivity index (χ3v) is 4.31. The van der Waals surface area contributed by atoms with Gasteiger partial charge in [0.05, 0.1) is 7.11 Å². The van der Waals surface area contributed by atoms with Crippen molar-refractivity contribution in [2.24, 2.45) is 0 Å². The lowest BCUT2D eigenvalue weighted by atomic mass is 10.0. The summed E-state index contributed by atoms with van der Waals surface area (Å²) in [6, 6.07) is 16.8. The molecule has 0 heterocycles. The zero-order valence-electron chi connectivity index (χ0n) is 16.6. The van der Waals surface area contributed by atoms with Crippen LogP contribution in [0.1, 0.15) is 24.5 Å². The van der Waals surface area contributed by atoms with Crippen molar-refractivity contribution in [2.45, 2.75) is 38.5 Å². The molecule has 2 amide bonds. The maximum Gasteiger partial charge on any atom is 0.408 e. The molecule has 7 heteroatoms. The van der Waals surface area contributed by atoms with Crippen LogP contribution in [0.5, 0.6) is 0 Å². The maximum atomic E-state index is 12.8. The Morgan fingerprint density at radius 1 is 0.862 bits per heavy atom. The summed E-state index contributed by atoms with van der Waals surface area (Å²) in [6.45, 7) is 1.85. The minimum Gasteiger partial charge on any atom is -0.467 e. The second kappa shape index (κ2) is 11.5. The summed E-state index contributed by atoms with van der Waals surface area (Å²) in [7, 11) is 1.26. The Labute approximate surface area is 170 Å². The number of benzene rings is 2. The zero-order valence-corrected chi connectivity index (χ0v) is 16.6. The molecule has 2 aromatic rings. The van der Waals surface area contributed by atoms with Crippen molar-refractivity contribution in [1.29, 1.82) is 0 Å². The third kappa shape index (κ3) is 7.29. The quantitative estimate of drug-likeness (QED) is 0.633. The van der Waals surface area contributed by atoms with Gasteiger partial charge >= 0.3 is 12.1 Å². The van der Waals surface area contributed by atoms with E-state index in [1.54, 1.807) is 6.92 Å². The first-order valence-corrected chi connectivity index (χ1v) is 9.42. The van der Waals surface area contributed by atoms with Gasteiger partial charge in [-0.3, -0.25) is 4.79 Å². The van der Waals surface area contributed by atoms with Crippen LogP contribution < -0.4 is 10.6 Å². The number of hydrogen-bond acceptors (Lipinski definition) is 5. The SMILES string of the molecule is CC[C@H](NC(=O)[C@@H](Cc1ccccc1)NC(=O)OCc1ccccc1)C(=O)OC. The van der Waals surface area contributed by atoms with Gasteiger partial charge in [-0.15, -0.1) is 0 Å². The van der Waals surface area contributed by atoms with E-state index >= 15 is 0 Å². The van der Waals surface area contributed by atoms with Crippen LogP contribution in [0.2, 0.25) is 0 Å². The molecule has 0 saturated heterocycles. The van der Waals surface area contributed by atoms with Crippen LogP contribution in [0.3, 0.4) is 0 Å². The first kappa shape index (κ1) is 21.9. The highest BCUT2D eigenvalue weighted by molar-refractivity contribution is 5.89. The Hall–Kier alpha value is -3.35. The van der Waals surface area contributed by atoms with Crippen LogP contribution in [-0.2, 0) is 32.1 Å². The number of methoxy groups -OCH3 is 1. The Morgan fingerprint density at radius 2 is 1.45 bits per heavy atom. The topological polar surface area (TPSA) is 93.7 Å². The van der Waals surface area contributed by atoms with E-state index in [2.05, 4.69) is 10.6 Å². The Bertz CT molecular complexity index is 795. The second-order valence-electron chi connectivity index (χ2n) is 6.44. The molecule has 0 aliphatic rings. The smallest absolute Gasteiger partial charge is 0.408 e. The average molecular weight is 398 g/mol. The minimum atomic E-state index is -0.903. The minimum absolute atomic E-state index is 0.0894. The lowest BCUT2D eigenvalue weighted by molar-refractivity contribution is -0.145. The molecule has 29 heavy (non-hydrogen) atoms. The summed E-state index contributed by atoms with van der Waals surface area (Å²) < 4.78 is 9.93. The molecule has 0 unspecified atom stereocenters. The number of esters is 1. The summed E-state index contributed by atoms with van der Waals surface area (Å²) in [6.07, 6.45) is -0.0873. The number of hydrogen-bond donors (Lipinski definition) is 2. The van der Waals surface area contributed by atoms with Gasteiger partial charge < -0.3 is 20.1 Å². The van der Waals surface area contributed by atoms with Gasteiger partial charge in [0.25, 0.3) is 0 Å². The van der Waals surface area contributed by atoms with E-state index in [0.717, 1.165) is 11.1 Å². The summed E-state index contributed by atoms with van der Waals surface area (Å²) in [5, 5.41) is 5.23. The fourth-order valence-corrected chi connectivity index (χ4v) is 2.71. The van der Waals surface area contributed by atoms with Crippen LogP contribution in [0.25, 0.3) is 0 Å². The normalized spacial score (nSPS) is 12.3. The lowest BCUT2D eigenvalue weighted by Gasteiger charge is -2.21. The van der Waals surface area contributed by atoms with E-state index in [1.807, 2.05) is 60.7 Å². The van der Waals surface area contributed by atoms with Gasteiger partial charge in [-0.1, -0.05) is 67.6 Å². The van der Waals surface area contributed by atoms with Crippen LogP contribution in [0.15, 0.2) is 60.7 Å². The predicted molar refractivity (Wildman–Crippen MR) is 108 cm³/mol. The van der Waals surface area contributed by atoms with Crippen molar-refractivity contribution in [2.75, 3.05) is 7.11 Å². The van der Waals surface area contributed by atoms with Crippen molar-refractivity contribution < 1.29 is 23.9 Å². The molecule has 0 radical (unpaired) electrons. The molecule has 154 valence electrons. The molecule has 0 bridgehead atoms. The molecule has 2 rings (SSSR count). The maximum absolute atomic E-state index is 12.8. The molecule has 0 spiro atoms. The Kier molecular flexibility index (Phi) is 8.69. The summed E-state index contributed by atoms with van der Waals surface area (Å²) in [5.41, 5.74) is 1.70. The Morgan fingerprint density at radius 3 is 2.00 bits per heavy atom. The largest absolute Gasteiger partial charge is 0.467 e. The molecular weight excluding hydrogens is 372 g/mol. The molecule has 0 saturated carbocycles. The Balaban J connectivity index is 2.04. The highest BCUT2D eigenvalue weighted by Gasteiger charge is 2.27. The zero-order chi connectivity index (χ0) is 21.1. The van der Waals surface area contributed by atoms with E-state index < -0.39 is 30.1 Å². The summed E-state index contributed by atoms with van der Waals surface area (Å²) in [5.74, 6) is -1.02. The van der Waals surface area contributed by atoms with Crippen molar-refractivity contribution >= 4 is 18.0 Å². The van der Waals surface area contributed by atoms with Crippen LogP contribution in [0.4, 0.5) is 4.79 Å². The number of alkyl carbamates (subject to hydrolysis) is 1. The van der Waals surface area contributed by atoms with Crippen LogP contribution in [-0.4, -0.2) is 37.2 Å². The van der Waals surface area contributed by atoms with Gasteiger partial charge in [-0.2, -0.15) is 0 Å². The van der Waals surface area contributed by atoms with Gasteiger partial charge in [-0.25, -0.2) is 9.59 Å². The fraction of sp³-hybridized carbons (Fsp3) is 0.318. The second-order valence-corrected chi connectivity index (χ2v) is 6.44. The predicted octanol–water partition coefficient (Wildman–Crippen LogP) is 2.59. The highest BCUT2D eigenvalue weighted by Crippen LogP contribution is 2.06. The summed E-state index contributed by atoms with van der Waals surface area (Å²) in [4.78, 5) is 36.8. The van der Waals surface area contributed by atoms with Gasteiger partial charge in [0.15, 0.2) is 0 Å². The number of carbonyl (C=O) groups excluding carboxylic acids is 3. The average Bonchev–Trinajstić information content (AvgIpc) is 2.76. The van der Waals surface area contributed by atoms with Crippen LogP contribution in [0, 0.1) is 0 Å². The first-order valence-electron chi connectivity index (χ1n) is 9.42. The molecule has 2 atom stereocenters. The number of carbonyl (C=O) groups is 3. The van der Waals surface area contributed by atoms with Gasteiger partial charge in [0, 0.05) is 6.42 Å². The lowest BCUT2D eigenvalue weighted by Crippen LogP contribution is -2.52. The summed E-state index contributed by atoms with van der Waals surface area (Å²) >= 11 is 0. The van der Waals surface area contributed by atoms with Crippen molar-refractivity contribution in [1.82, 2.24) is 10.6 Å².